The Morgan fingerprint density at radius 3 is 2.70 bits per heavy atom. The standard InChI is InChI=1S/C24H20FN7O/c1-33-19-10-4-6-15(12-19)21-20-22(26)32(18-9-5-7-16(25)13-18)31-23(20)30-24(29-21)28-14-17-8-2-3-11-27-17/h2-13H,14,26H2,1H3,(H,28,30,31). The number of methoxy groups -OCH3 is 1. The lowest BCUT2D eigenvalue weighted by molar-refractivity contribution is 0.415. The number of nitrogens with two attached hydrogens (primary N) is 1. The molecule has 0 aliphatic carbocycles. The van der Waals surface area contributed by atoms with Gasteiger partial charge < -0.3 is 15.8 Å². The van der Waals surface area contributed by atoms with Gasteiger partial charge in [-0.3, -0.25) is 4.98 Å². The summed E-state index contributed by atoms with van der Waals surface area (Å²) >= 11 is 0. The minimum absolute atomic E-state index is 0.310. The minimum Gasteiger partial charge on any atom is -0.497 e. The zero-order valence-electron chi connectivity index (χ0n) is 17.7. The van der Waals surface area contributed by atoms with Gasteiger partial charge in [0.05, 0.1) is 36.1 Å². The number of nitrogens with zero attached hydrogens (tertiary/aromatic N) is 5. The molecule has 8 nitrogen and oxygen atoms in total. The molecule has 3 heterocycles. The Labute approximate surface area is 188 Å². The first-order valence-electron chi connectivity index (χ1n) is 10.2. The van der Waals surface area contributed by atoms with Crippen molar-refractivity contribution in [2.24, 2.45) is 0 Å². The van der Waals surface area contributed by atoms with E-state index in [1.165, 1.54) is 16.8 Å². The van der Waals surface area contributed by atoms with Crippen molar-refractivity contribution >= 4 is 22.8 Å². The zero-order chi connectivity index (χ0) is 22.8. The summed E-state index contributed by atoms with van der Waals surface area (Å²) in [7, 11) is 1.60. The van der Waals surface area contributed by atoms with Crippen LogP contribution in [-0.4, -0.2) is 31.8 Å². The van der Waals surface area contributed by atoms with Gasteiger partial charge in [0.2, 0.25) is 5.95 Å². The monoisotopic (exact) mass is 441 g/mol. The quantitative estimate of drug-likeness (QED) is 0.407. The van der Waals surface area contributed by atoms with E-state index in [4.69, 9.17) is 15.5 Å². The first kappa shape index (κ1) is 20.4. The number of fused-ring (bicyclic) bond motifs is 1. The molecule has 0 spiro atoms. The van der Waals surface area contributed by atoms with Gasteiger partial charge in [0.15, 0.2) is 5.65 Å². The van der Waals surface area contributed by atoms with E-state index in [-0.39, 0.29) is 5.82 Å². The number of pyridine rings is 1. The molecular formula is C24H20FN7O. The maximum atomic E-state index is 13.9. The number of halogens is 1. The zero-order valence-corrected chi connectivity index (χ0v) is 17.7. The maximum Gasteiger partial charge on any atom is 0.225 e. The summed E-state index contributed by atoms with van der Waals surface area (Å²) in [5.41, 5.74) is 9.57. The van der Waals surface area contributed by atoms with E-state index in [1.54, 1.807) is 25.4 Å². The van der Waals surface area contributed by atoms with Crippen molar-refractivity contribution in [3.05, 3.63) is 84.4 Å². The molecule has 0 saturated heterocycles. The first-order valence-corrected chi connectivity index (χ1v) is 10.2. The average Bonchev–Trinajstić information content (AvgIpc) is 3.19. The van der Waals surface area contributed by atoms with Crippen LogP contribution in [0.4, 0.5) is 16.2 Å². The summed E-state index contributed by atoms with van der Waals surface area (Å²) in [6.45, 7) is 0.435. The molecule has 3 N–H and O–H groups in total. The van der Waals surface area contributed by atoms with Crippen LogP contribution in [0.25, 0.3) is 28.0 Å². The number of hydrogen-bond acceptors (Lipinski definition) is 7. The molecule has 2 aromatic carbocycles. The van der Waals surface area contributed by atoms with Crippen molar-refractivity contribution in [1.29, 1.82) is 0 Å². The van der Waals surface area contributed by atoms with Crippen molar-refractivity contribution in [2.75, 3.05) is 18.2 Å². The van der Waals surface area contributed by atoms with Crippen molar-refractivity contribution in [1.82, 2.24) is 24.7 Å². The molecule has 0 unspecified atom stereocenters. The van der Waals surface area contributed by atoms with Gasteiger partial charge in [-0.15, -0.1) is 5.10 Å². The first-order chi connectivity index (χ1) is 16.1. The molecule has 33 heavy (non-hydrogen) atoms. The molecule has 9 heteroatoms. The van der Waals surface area contributed by atoms with Gasteiger partial charge in [-0.25, -0.2) is 14.1 Å². The number of hydrogen-bond donors (Lipinski definition) is 2. The SMILES string of the molecule is COc1cccc(-c2nc(NCc3ccccn3)nc3nn(-c4cccc(F)c4)c(N)c23)c1. The van der Waals surface area contributed by atoms with Crippen molar-refractivity contribution in [2.45, 2.75) is 6.54 Å². The van der Waals surface area contributed by atoms with Crippen molar-refractivity contribution in [3.63, 3.8) is 0 Å². The Balaban J connectivity index is 1.66. The van der Waals surface area contributed by atoms with Crippen LogP contribution in [0.3, 0.4) is 0 Å². The summed E-state index contributed by atoms with van der Waals surface area (Å²) in [4.78, 5) is 13.6. The Bertz CT molecular complexity index is 1440. The predicted molar refractivity (Wildman–Crippen MR) is 125 cm³/mol. The largest absolute Gasteiger partial charge is 0.497 e. The van der Waals surface area contributed by atoms with Crippen LogP contribution >= 0.6 is 0 Å². The van der Waals surface area contributed by atoms with E-state index in [0.29, 0.717) is 46.5 Å². The van der Waals surface area contributed by atoms with E-state index in [0.717, 1.165) is 11.3 Å². The molecule has 5 rings (SSSR count). The van der Waals surface area contributed by atoms with Gasteiger partial charge >= 0.3 is 0 Å². The smallest absolute Gasteiger partial charge is 0.225 e. The summed E-state index contributed by atoms with van der Waals surface area (Å²) in [5.74, 6) is 0.973. The molecule has 0 aliphatic rings. The Kier molecular flexibility index (Phi) is 5.27. The van der Waals surface area contributed by atoms with Gasteiger partial charge in [0.25, 0.3) is 0 Å². The summed E-state index contributed by atoms with van der Waals surface area (Å²) in [6, 6.07) is 19.2. The number of ether oxygens (including phenoxy) is 1. The van der Waals surface area contributed by atoms with E-state index >= 15 is 0 Å². The third-order valence-corrected chi connectivity index (χ3v) is 5.12. The second-order valence-corrected chi connectivity index (χ2v) is 7.28. The molecule has 0 amide bonds. The molecule has 0 fully saturated rings. The predicted octanol–water partition coefficient (Wildman–Crippen LogP) is 4.22. The molecular weight excluding hydrogens is 421 g/mol. The van der Waals surface area contributed by atoms with E-state index in [9.17, 15) is 4.39 Å². The molecule has 5 aromatic rings. The highest BCUT2D eigenvalue weighted by atomic mass is 19.1. The minimum atomic E-state index is -0.386. The molecule has 0 saturated carbocycles. The second kappa shape index (κ2) is 8.54. The Morgan fingerprint density at radius 1 is 1.03 bits per heavy atom. The van der Waals surface area contributed by atoms with Crippen LogP contribution in [0.2, 0.25) is 0 Å². The summed E-state index contributed by atoms with van der Waals surface area (Å²) in [6.07, 6.45) is 1.73. The van der Waals surface area contributed by atoms with Gasteiger partial charge in [-0.2, -0.15) is 4.98 Å². The lowest BCUT2D eigenvalue weighted by Crippen LogP contribution is -2.06. The van der Waals surface area contributed by atoms with Crippen LogP contribution in [0.15, 0.2) is 72.9 Å². The molecule has 3 aromatic heterocycles. The lowest BCUT2D eigenvalue weighted by Gasteiger charge is -2.09. The topological polar surface area (TPSA) is 104 Å². The fourth-order valence-corrected chi connectivity index (χ4v) is 3.55. The lowest BCUT2D eigenvalue weighted by atomic mass is 10.1. The highest BCUT2D eigenvalue weighted by Gasteiger charge is 2.20. The fraction of sp³-hybridized carbons (Fsp3) is 0.0833. The highest BCUT2D eigenvalue weighted by Crippen LogP contribution is 2.34. The maximum absolute atomic E-state index is 13.9. The van der Waals surface area contributed by atoms with Crippen molar-refractivity contribution in [3.8, 4) is 22.7 Å². The van der Waals surface area contributed by atoms with E-state index in [2.05, 4.69) is 20.4 Å². The summed E-state index contributed by atoms with van der Waals surface area (Å²) in [5, 5.41) is 8.32. The van der Waals surface area contributed by atoms with Gasteiger partial charge in [0, 0.05) is 11.8 Å². The van der Waals surface area contributed by atoms with Crippen LogP contribution in [-0.2, 0) is 6.54 Å². The third-order valence-electron chi connectivity index (χ3n) is 5.12. The molecule has 0 radical (unpaired) electrons. The van der Waals surface area contributed by atoms with Gasteiger partial charge in [0.1, 0.15) is 17.4 Å². The Morgan fingerprint density at radius 2 is 1.91 bits per heavy atom. The number of benzene rings is 2. The van der Waals surface area contributed by atoms with Crippen LogP contribution in [0.5, 0.6) is 5.75 Å². The average molecular weight is 441 g/mol. The van der Waals surface area contributed by atoms with Crippen LogP contribution < -0.4 is 15.8 Å². The number of anilines is 2. The number of nitrogens with one attached hydrogen (secondary N) is 1. The highest BCUT2D eigenvalue weighted by molar-refractivity contribution is 5.99. The fourth-order valence-electron chi connectivity index (χ4n) is 3.55. The second-order valence-electron chi connectivity index (χ2n) is 7.28. The van der Waals surface area contributed by atoms with Crippen LogP contribution in [0.1, 0.15) is 5.69 Å². The molecule has 0 aliphatic heterocycles. The Hall–Kier alpha value is -4.53. The van der Waals surface area contributed by atoms with Gasteiger partial charge in [-0.1, -0.05) is 24.3 Å². The van der Waals surface area contributed by atoms with Gasteiger partial charge in [-0.05, 0) is 42.5 Å². The normalized spacial score (nSPS) is 11.0. The summed E-state index contributed by atoms with van der Waals surface area (Å²) < 4.78 is 20.7. The van der Waals surface area contributed by atoms with E-state index < -0.39 is 0 Å². The number of aromatic nitrogens is 5. The molecule has 164 valence electrons. The molecule has 0 atom stereocenters. The van der Waals surface area contributed by atoms with E-state index in [1.807, 2.05) is 42.5 Å². The molecule has 0 bridgehead atoms. The van der Waals surface area contributed by atoms with Crippen LogP contribution in [0, 0.1) is 5.82 Å². The number of rotatable bonds is 6. The van der Waals surface area contributed by atoms with Crippen molar-refractivity contribution < 1.29 is 9.13 Å². The number of nitrogen functional groups attached to an aromatic ring is 1. The third kappa shape index (κ3) is 4.03.